The number of benzene rings is 2. The van der Waals surface area contributed by atoms with Crippen LogP contribution in [0.15, 0.2) is 48.5 Å². The third-order valence-corrected chi connectivity index (χ3v) is 5.83. The predicted molar refractivity (Wildman–Crippen MR) is 122 cm³/mol. The SMILES string of the molecule is CN1CCN(C)C2(COC2)C1.O=CCc1ccc(NC(=O)NCc2ccc(F)cc2)cc1. The summed E-state index contributed by atoms with van der Waals surface area (Å²) >= 11 is 0. The highest BCUT2D eigenvalue weighted by atomic mass is 19.1. The molecule has 2 amide bonds. The van der Waals surface area contributed by atoms with Crippen molar-refractivity contribution in [3.05, 3.63) is 65.5 Å². The minimum atomic E-state index is -0.345. The Hall–Kier alpha value is -2.81. The van der Waals surface area contributed by atoms with E-state index in [0.29, 0.717) is 24.2 Å². The second-order valence-electron chi connectivity index (χ2n) is 8.38. The number of amides is 2. The van der Waals surface area contributed by atoms with Crippen molar-refractivity contribution in [2.75, 3.05) is 52.3 Å². The van der Waals surface area contributed by atoms with Gasteiger partial charge in [-0.3, -0.25) is 4.90 Å². The zero-order chi connectivity index (χ0) is 23.0. The van der Waals surface area contributed by atoms with Gasteiger partial charge in [0.2, 0.25) is 0 Å². The molecule has 7 nitrogen and oxygen atoms in total. The Morgan fingerprint density at radius 2 is 1.72 bits per heavy atom. The maximum atomic E-state index is 12.7. The number of nitrogens with zero attached hydrogens (tertiary/aromatic N) is 2. The summed E-state index contributed by atoms with van der Waals surface area (Å²) < 4.78 is 18.0. The highest BCUT2D eigenvalue weighted by molar-refractivity contribution is 5.89. The number of anilines is 1. The number of piperazine rings is 1. The molecule has 0 saturated carbocycles. The zero-order valence-corrected chi connectivity index (χ0v) is 18.6. The van der Waals surface area contributed by atoms with Gasteiger partial charge in [0.1, 0.15) is 12.1 Å². The van der Waals surface area contributed by atoms with E-state index in [9.17, 15) is 14.0 Å². The number of aldehydes is 1. The van der Waals surface area contributed by atoms with Crippen LogP contribution in [0.5, 0.6) is 0 Å². The summed E-state index contributed by atoms with van der Waals surface area (Å²) in [4.78, 5) is 26.9. The molecule has 2 N–H and O–H groups in total. The highest BCUT2D eigenvalue weighted by Gasteiger charge is 2.45. The van der Waals surface area contributed by atoms with E-state index < -0.39 is 0 Å². The van der Waals surface area contributed by atoms with Crippen molar-refractivity contribution in [2.45, 2.75) is 18.5 Å². The van der Waals surface area contributed by atoms with Crippen molar-refractivity contribution in [3.63, 3.8) is 0 Å². The van der Waals surface area contributed by atoms with E-state index in [0.717, 1.165) is 30.6 Å². The zero-order valence-electron chi connectivity index (χ0n) is 18.6. The molecule has 0 aliphatic carbocycles. The van der Waals surface area contributed by atoms with Crippen LogP contribution in [0.1, 0.15) is 11.1 Å². The molecule has 0 aromatic heterocycles. The Morgan fingerprint density at radius 3 is 2.28 bits per heavy atom. The summed E-state index contributed by atoms with van der Waals surface area (Å²) in [7, 11) is 4.39. The lowest BCUT2D eigenvalue weighted by molar-refractivity contribution is -0.158. The molecule has 2 heterocycles. The first kappa shape index (κ1) is 23.8. The fourth-order valence-corrected chi connectivity index (χ4v) is 3.69. The molecular formula is C24H31FN4O3. The lowest BCUT2D eigenvalue weighted by Gasteiger charge is -2.53. The predicted octanol–water partition coefficient (Wildman–Crippen LogP) is 2.52. The minimum Gasteiger partial charge on any atom is -0.377 e. The first-order valence-electron chi connectivity index (χ1n) is 10.7. The number of ether oxygens (including phenoxy) is 1. The summed E-state index contributed by atoms with van der Waals surface area (Å²) in [6.45, 7) is 5.71. The van der Waals surface area contributed by atoms with Crippen LogP contribution in [-0.4, -0.2) is 74.6 Å². The summed E-state index contributed by atoms with van der Waals surface area (Å²) in [6.07, 6.45) is 1.19. The summed E-state index contributed by atoms with van der Waals surface area (Å²) in [5.74, 6) is -0.307. The molecule has 4 rings (SSSR count). The fraction of sp³-hybridized carbons (Fsp3) is 0.417. The van der Waals surface area contributed by atoms with E-state index >= 15 is 0 Å². The van der Waals surface area contributed by atoms with Gasteiger partial charge in [-0.15, -0.1) is 0 Å². The van der Waals surface area contributed by atoms with Gasteiger partial charge in [0.15, 0.2) is 0 Å². The Bertz CT molecular complexity index is 885. The molecule has 8 heteroatoms. The molecule has 2 aliphatic rings. The lowest BCUT2D eigenvalue weighted by Crippen LogP contribution is -2.69. The van der Waals surface area contributed by atoms with E-state index in [1.165, 1.54) is 31.8 Å². The molecule has 0 atom stereocenters. The third-order valence-electron chi connectivity index (χ3n) is 5.83. The van der Waals surface area contributed by atoms with Crippen LogP contribution in [0.4, 0.5) is 14.9 Å². The maximum Gasteiger partial charge on any atom is 0.319 e. The molecule has 32 heavy (non-hydrogen) atoms. The smallest absolute Gasteiger partial charge is 0.319 e. The Balaban J connectivity index is 0.000000219. The van der Waals surface area contributed by atoms with E-state index in [4.69, 9.17) is 4.74 Å². The van der Waals surface area contributed by atoms with Gasteiger partial charge in [0.25, 0.3) is 0 Å². The van der Waals surface area contributed by atoms with Crippen molar-refractivity contribution >= 4 is 18.0 Å². The summed E-state index contributed by atoms with van der Waals surface area (Å²) in [6, 6.07) is 12.6. The van der Waals surface area contributed by atoms with Gasteiger partial charge in [0.05, 0.1) is 18.8 Å². The van der Waals surface area contributed by atoms with E-state index in [-0.39, 0.29) is 11.8 Å². The molecule has 0 bridgehead atoms. The topological polar surface area (TPSA) is 73.9 Å². The van der Waals surface area contributed by atoms with Gasteiger partial charge < -0.3 is 25.1 Å². The van der Waals surface area contributed by atoms with E-state index in [2.05, 4.69) is 34.5 Å². The van der Waals surface area contributed by atoms with Crippen LogP contribution in [0.2, 0.25) is 0 Å². The number of urea groups is 1. The largest absolute Gasteiger partial charge is 0.377 e. The molecular weight excluding hydrogens is 411 g/mol. The molecule has 2 fully saturated rings. The number of rotatable bonds is 5. The average Bonchev–Trinajstić information content (AvgIpc) is 2.76. The first-order valence-corrected chi connectivity index (χ1v) is 10.7. The minimum absolute atomic E-state index is 0.307. The number of likely N-dealkylation sites (N-methyl/N-ethyl adjacent to an activating group) is 2. The first-order chi connectivity index (χ1) is 15.4. The second-order valence-corrected chi connectivity index (χ2v) is 8.38. The maximum absolute atomic E-state index is 12.7. The standard InChI is InChI=1S/C16H15FN2O2.C8H16N2O/c17-14-5-1-13(2-6-14)11-18-16(21)19-15-7-3-12(4-8-15)9-10-20;1-9-3-4-10(2)8(5-9)6-11-7-8/h1-8,10H,9,11H2,(H2,18,19,21);3-7H2,1-2H3. The number of carbonyl (C=O) groups excluding carboxylic acids is 2. The van der Waals surface area contributed by atoms with Crippen LogP contribution in [0, 0.1) is 5.82 Å². The quantitative estimate of drug-likeness (QED) is 0.697. The summed E-state index contributed by atoms with van der Waals surface area (Å²) in [5, 5.41) is 5.36. The molecule has 1 spiro atoms. The fourth-order valence-electron chi connectivity index (χ4n) is 3.69. The van der Waals surface area contributed by atoms with Crippen molar-refractivity contribution in [1.82, 2.24) is 15.1 Å². The van der Waals surface area contributed by atoms with Gasteiger partial charge in [-0.05, 0) is 49.5 Å². The van der Waals surface area contributed by atoms with Gasteiger partial charge in [0, 0.05) is 38.3 Å². The van der Waals surface area contributed by atoms with Crippen LogP contribution in [0.25, 0.3) is 0 Å². The van der Waals surface area contributed by atoms with Crippen LogP contribution < -0.4 is 10.6 Å². The number of nitrogens with one attached hydrogen (secondary N) is 2. The van der Waals surface area contributed by atoms with Gasteiger partial charge in [-0.25, -0.2) is 9.18 Å². The van der Waals surface area contributed by atoms with Crippen molar-refractivity contribution in [1.29, 1.82) is 0 Å². The molecule has 0 radical (unpaired) electrons. The number of hydrogen-bond acceptors (Lipinski definition) is 5. The molecule has 2 aromatic rings. The Kier molecular flexibility index (Phi) is 8.33. The number of carbonyl (C=O) groups is 2. The molecule has 0 unspecified atom stereocenters. The molecule has 2 aromatic carbocycles. The number of halogens is 1. The van der Waals surface area contributed by atoms with E-state index in [1.807, 2.05) is 0 Å². The van der Waals surface area contributed by atoms with Crippen LogP contribution in [0.3, 0.4) is 0 Å². The van der Waals surface area contributed by atoms with Crippen molar-refractivity contribution < 1.29 is 18.7 Å². The van der Waals surface area contributed by atoms with E-state index in [1.54, 1.807) is 36.4 Å². The molecule has 2 aliphatic heterocycles. The Labute approximate surface area is 188 Å². The average molecular weight is 443 g/mol. The van der Waals surface area contributed by atoms with Gasteiger partial charge in [-0.2, -0.15) is 0 Å². The number of hydrogen-bond donors (Lipinski definition) is 2. The molecule has 2 saturated heterocycles. The second kappa shape index (κ2) is 11.2. The van der Waals surface area contributed by atoms with Crippen molar-refractivity contribution in [3.8, 4) is 0 Å². The van der Waals surface area contributed by atoms with Crippen LogP contribution >= 0.6 is 0 Å². The lowest BCUT2D eigenvalue weighted by atomic mass is 9.93. The molecule has 172 valence electrons. The Morgan fingerprint density at radius 1 is 1.06 bits per heavy atom. The van der Waals surface area contributed by atoms with Gasteiger partial charge in [-0.1, -0.05) is 24.3 Å². The summed E-state index contributed by atoms with van der Waals surface area (Å²) in [5.41, 5.74) is 2.71. The third kappa shape index (κ3) is 6.59. The monoisotopic (exact) mass is 442 g/mol. The van der Waals surface area contributed by atoms with Gasteiger partial charge >= 0.3 is 6.03 Å². The van der Waals surface area contributed by atoms with Crippen molar-refractivity contribution in [2.24, 2.45) is 0 Å². The van der Waals surface area contributed by atoms with Crippen LogP contribution in [-0.2, 0) is 22.5 Å². The normalized spacial score (nSPS) is 17.6. The highest BCUT2D eigenvalue weighted by Crippen LogP contribution is 2.27.